The van der Waals surface area contributed by atoms with Crippen molar-refractivity contribution in [3.63, 3.8) is 0 Å². The molecule has 1 aliphatic rings. The maximum atomic E-state index is 11.8. The van der Waals surface area contributed by atoms with Crippen LogP contribution in [0.25, 0.3) is 0 Å². The van der Waals surface area contributed by atoms with Gasteiger partial charge in [-0.3, -0.25) is 4.79 Å². The van der Waals surface area contributed by atoms with Crippen molar-refractivity contribution in [2.75, 3.05) is 28.4 Å². The van der Waals surface area contributed by atoms with Crippen molar-refractivity contribution in [3.05, 3.63) is 0 Å². The van der Waals surface area contributed by atoms with Gasteiger partial charge in [0.2, 0.25) is 0 Å². The van der Waals surface area contributed by atoms with Gasteiger partial charge in [0.1, 0.15) is 12.2 Å². The molecule has 1 rings (SSSR count). The largest absolute Gasteiger partial charge is 0.467 e. The molecule has 1 heterocycles. The molecule has 0 aromatic rings. The lowest BCUT2D eigenvalue weighted by molar-refractivity contribution is -0.298. The van der Waals surface area contributed by atoms with Crippen molar-refractivity contribution in [2.24, 2.45) is 0 Å². The Labute approximate surface area is 117 Å². The Hall–Kier alpha value is -1.22. The van der Waals surface area contributed by atoms with Gasteiger partial charge in [0.05, 0.1) is 7.11 Å². The fraction of sp³-hybridized carbons (Fsp3) is 0.833. The van der Waals surface area contributed by atoms with Crippen molar-refractivity contribution in [1.29, 1.82) is 0 Å². The lowest BCUT2D eigenvalue weighted by Gasteiger charge is -2.42. The standard InChI is InChI=1S/C12H20O8/c1-6(13)19-8-7(15-2)9(11(14)17-4)20-12(18-5)10(8)16-3/h7-10,12H,1-5H3/t7-,8-,9-,10-,12-/m0/s1. The van der Waals surface area contributed by atoms with Crippen LogP contribution in [0, 0.1) is 0 Å². The zero-order chi connectivity index (χ0) is 15.3. The average Bonchev–Trinajstić information content (AvgIpc) is 2.44. The van der Waals surface area contributed by atoms with Crippen LogP contribution in [0.1, 0.15) is 6.92 Å². The molecule has 116 valence electrons. The molecular weight excluding hydrogens is 272 g/mol. The number of carbonyl (C=O) groups is 2. The van der Waals surface area contributed by atoms with E-state index in [0.29, 0.717) is 0 Å². The second-order valence-electron chi connectivity index (χ2n) is 4.16. The second-order valence-corrected chi connectivity index (χ2v) is 4.16. The fourth-order valence-corrected chi connectivity index (χ4v) is 2.14. The van der Waals surface area contributed by atoms with Crippen molar-refractivity contribution >= 4 is 11.9 Å². The van der Waals surface area contributed by atoms with Gasteiger partial charge in [0.15, 0.2) is 18.5 Å². The summed E-state index contributed by atoms with van der Waals surface area (Å²) >= 11 is 0. The van der Waals surface area contributed by atoms with Crippen LogP contribution in [0.2, 0.25) is 0 Å². The van der Waals surface area contributed by atoms with Crippen molar-refractivity contribution in [2.45, 2.75) is 37.6 Å². The summed E-state index contributed by atoms with van der Waals surface area (Å²) in [6.45, 7) is 1.25. The van der Waals surface area contributed by atoms with Gasteiger partial charge in [0, 0.05) is 28.3 Å². The van der Waals surface area contributed by atoms with Crippen LogP contribution in [-0.4, -0.2) is 71.1 Å². The van der Waals surface area contributed by atoms with E-state index in [1.54, 1.807) is 0 Å². The molecule has 5 atom stereocenters. The van der Waals surface area contributed by atoms with Gasteiger partial charge < -0.3 is 28.4 Å². The smallest absolute Gasteiger partial charge is 0.338 e. The van der Waals surface area contributed by atoms with Gasteiger partial charge in [-0.25, -0.2) is 4.79 Å². The first-order valence-corrected chi connectivity index (χ1v) is 5.99. The molecule has 0 saturated carbocycles. The Morgan fingerprint density at radius 1 is 0.900 bits per heavy atom. The van der Waals surface area contributed by atoms with E-state index >= 15 is 0 Å². The number of carbonyl (C=O) groups excluding carboxylic acids is 2. The first-order valence-electron chi connectivity index (χ1n) is 5.99. The van der Waals surface area contributed by atoms with Gasteiger partial charge in [-0.05, 0) is 0 Å². The molecule has 1 fully saturated rings. The molecule has 0 aliphatic carbocycles. The summed E-state index contributed by atoms with van der Waals surface area (Å²) in [4.78, 5) is 23.0. The van der Waals surface area contributed by atoms with Crippen molar-refractivity contribution in [1.82, 2.24) is 0 Å². The molecular formula is C12H20O8. The highest BCUT2D eigenvalue weighted by Crippen LogP contribution is 2.28. The first kappa shape index (κ1) is 16.8. The van der Waals surface area contributed by atoms with Gasteiger partial charge in [-0.2, -0.15) is 0 Å². The molecule has 0 spiro atoms. The molecule has 1 saturated heterocycles. The van der Waals surface area contributed by atoms with E-state index in [9.17, 15) is 9.59 Å². The number of methoxy groups -OCH3 is 4. The summed E-state index contributed by atoms with van der Waals surface area (Å²) in [5, 5.41) is 0. The quantitative estimate of drug-likeness (QED) is 0.626. The van der Waals surface area contributed by atoms with Gasteiger partial charge in [0.25, 0.3) is 0 Å². The van der Waals surface area contributed by atoms with Crippen molar-refractivity contribution < 1.29 is 38.0 Å². The zero-order valence-electron chi connectivity index (χ0n) is 12.2. The Morgan fingerprint density at radius 2 is 1.50 bits per heavy atom. The first-order chi connectivity index (χ1) is 9.49. The number of hydrogen-bond donors (Lipinski definition) is 0. The average molecular weight is 292 g/mol. The summed E-state index contributed by atoms with van der Waals surface area (Å²) in [6, 6.07) is 0. The lowest BCUT2D eigenvalue weighted by Crippen LogP contribution is -2.62. The molecule has 0 aromatic heterocycles. The molecule has 8 nitrogen and oxygen atoms in total. The van der Waals surface area contributed by atoms with Crippen LogP contribution >= 0.6 is 0 Å². The summed E-state index contributed by atoms with van der Waals surface area (Å²) in [5.41, 5.74) is 0. The molecule has 0 unspecified atom stereocenters. The van der Waals surface area contributed by atoms with Crippen LogP contribution in [0.5, 0.6) is 0 Å². The molecule has 0 bridgehead atoms. The third-order valence-corrected chi connectivity index (χ3v) is 3.01. The van der Waals surface area contributed by atoms with E-state index < -0.39 is 42.6 Å². The highest BCUT2D eigenvalue weighted by molar-refractivity contribution is 5.76. The van der Waals surface area contributed by atoms with Crippen LogP contribution in [0.15, 0.2) is 0 Å². The molecule has 0 radical (unpaired) electrons. The van der Waals surface area contributed by atoms with Crippen LogP contribution in [-0.2, 0) is 38.0 Å². The fourth-order valence-electron chi connectivity index (χ4n) is 2.14. The molecule has 0 aromatic carbocycles. The minimum Gasteiger partial charge on any atom is -0.467 e. The van der Waals surface area contributed by atoms with Crippen molar-refractivity contribution in [3.8, 4) is 0 Å². The normalized spacial score (nSPS) is 33.5. The molecule has 8 heteroatoms. The molecule has 1 aliphatic heterocycles. The number of rotatable bonds is 5. The van der Waals surface area contributed by atoms with E-state index in [-0.39, 0.29) is 0 Å². The van der Waals surface area contributed by atoms with Crippen LogP contribution in [0.4, 0.5) is 0 Å². The number of esters is 2. The summed E-state index contributed by atoms with van der Waals surface area (Å²) in [5.74, 6) is -1.18. The van der Waals surface area contributed by atoms with E-state index in [1.807, 2.05) is 0 Å². The second kappa shape index (κ2) is 7.53. The topological polar surface area (TPSA) is 89.5 Å². The summed E-state index contributed by atoms with van der Waals surface area (Å²) < 4.78 is 30.9. The predicted molar refractivity (Wildman–Crippen MR) is 64.8 cm³/mol. The third-order valence-electron chi connectivity index (χ3n) is 3.01. The summed E-state index contributed by atoms with van der Waals surface area (Å²) in [6.07, 6.45) is -4.41. The van der Waals surface area contributed by atoms with Crippen LogP contribution in [0.3, 0.4) is 0 Å². The Kier molecular flexibility index (Phi) is 6.34. The van der Waals surface area contributed by atoms with Gasteiger partial charge in [-0.15, -0.1) is 0 Å². The lowest BCUT2D eigenvalue weighted by atomic mass is 9.98. The highest BCUT2D eigenvalue weighted by Gasteiger charge is 2.52. The van der Waals surface area contributed by atoms with Crippen LogP contribution < -0.4 is 0 Å². The minimum absolute atomic E-state index is 0.528. The Morgan fingerprint density at radius 3 is 1.90 bits per heavy atom. The van der Waals surface area contributed by atoms with E-state index in [2.05, 4.69) is 4.74 Å². The number of ether oxygens (including phenoxy) is 6. The molecule has 20 heavy (non-hydrogen) atoms. The van der Waals surface area contributed by atoms with E-state index in [0.717, 1.165) is 0 Å². The Balaban J connectivity index is 3.07. The van der Waals surface area contributed by atoms with E-state index in [1.165, 1.54) is 35.4 Å². The molecule has 0 N–H and O–H groups in total. The monoisotopic (exact) mass is 292 g/mol. The zero-order valence-corrected chi connectivity index (χ0v) is 12.2. The van der Waals surface area contributed by atoms with E-state index in [4.69, 9.17) is 23.7 Å². The highest BCUT2D eigenvalue weighted by atomic mass is 16.7. The van der Waals surface area contributed by atoms with Gasteiger partial charge in [-0.1, -0.05) is 0 Å². The summed E-state index contributed by atoms with van der Waals surface area (Å²) in [7, 11) is 5.41. The van der Waals surface area contributed by atoms with Gasteiger partial charge >= 0.3 is 11.9 Å². The maximum absolute atomic E-state index is 11.8. The Bertz CT molecular complexity index is 344. The predicted octanol–water partition coefficient (Wildman–Crippen LogP) is -0.508. The number of hydrogen-bond acceptors (Lipinski definition) is 8. The minimum atomic E-state index is -1.08. The third kappa shape index (κ3) is 3.45. The maximum Gasteiger partial charge on any atom is 0.338 e. The SMILES string of the molecule is COC(=O)[C@H]1O[C@H](OC)[C@@H](OC)[C@@H](OC(C)=O)[C@@H]1OC. The molecule has 0 amide bonds.